The second-order valence-corrected chi connectivity index (χ2v) is 9.11. The van der Waals surface area contributed by atoms with Crippen molar-refractivity contribution in [3.05, 3.63) is 18.5 Å². The van der Waals surface area contributed by atoms with Crippen molar-refractivity contribution in [1.82, 2.24) is 19.8 Å². The Balaban J connectivity index is 1.14. The third kappa shape index (κ3) is 5.46. The molecule has 0 spiro atoms. The van der Waals surface area contributed by atoms with Crippen molar-refractivity contribution < 1.29 is 4.74 Å². The summed E-state index contributed by atoms with van der Waals surface area (Å²) in [7, 11) is 0. The number of hydrogen-bond donors (Lipinski definition) is 0. The predicted molar refractivity (Wildman–Crippen MR) is 120 cm³/mol. The second kappa shape index (κ2) is 9.86. The first-order valence-corrected chi connectivity index (χ1v) is 11.5. The molecule has 2 fully saturated rings. The molecule has 2 saturated heterocycles. The molecule has 6 nitrogen and oxygen atoms in total. The van der Waals surface area contributed by atoms with Gasteiger partial charge in [-0.15, -0.1) is 0 Å². The van der Waals surface area contributed by atoms with E-state index in [0.717, 1.165) is 69.3 Å². The molecule has 0 bridgehead atoms. The molecule has 2 aliphatic heterocycles. The molecule has 0 amide bonds. The fraction of sp³-hybridized carbons (Fsp3) is 0.636. The molecule has 2 aromatic rings. The Hall–Kier alpha value is -1.72. The highest BCUT2D eigenvalue weighted by molar-refractivity contribution is 7.22. The second-order valence-electron chi connectivity index (χ2n) is 8.10. The van der Waals surface area contributed by atoms with Gasteiger partial charge in [0.15, 0.2) is 5.13 Å². The van der Waals surface area contributed by atoms with Crippen LogP contribution in [-0.4, -0.2) is 84.3 Å². The number of rotatable bonds is 5. The summed E-state index contributed by atoms with van der Waals surface area (Å²) in [6.45, 7) is 12.5. The largest absolute Gasteiger partial charge is 0.365 e. The maximum absolute atomic E-state index is 6.01. The predicted octanol–water partition coefficient (Wildman–Crippen LogP) is 2.71. The highest BCUT2D eigenvalue weighted by Crippen LogP contribution is 2.30. The smallest absolute Gasteiger partial charge is 0.186 e. The summed E-state index contributed by atoms with van der Waals surface area (Å²) in [5.74, 6) is 6.51. The number of aromatic nitrogens is 2. The molecule has 0 radical (unpaired) electrons. The number of anilines is 1. The van der Waals surface area contributed by atoms with Crippen LogP contribution >= 0.6 is 11.3 Å². The topological polar surface area (TPSA) is 44.7 Å². The number of nitrogens with zero attached hydrogens (tertiary/aromatic N) is 5. The number of fused-ring (bicyclic) bond motifs is 1. The quantitative estimate of drug-likeness (QED) is 0.703. The van der Waals surface area contributed by atoms with Gasteiger partial charge in [0.1, 0.15) is 12.1 Å². The molecule has 7 heteroatoms. The van der Waals surface area contributed by atoms with Crippen LogP contribution < -0.4 is 4.90 Å². The molecule has 0 saturated carbocycles. The minimum absolute atomic E-state index is 0.311. The van der Waals surface area contributed by atoms with E-state index in [1.807, 2.05) is 18.5 Å². The van der Waals surface area contributed by atoms with Gasteiger partial charge in [-0.1, -0.05) is 23.2 Å². The van der Waals surface area contributed by atoms with Gasteiger partial charge < -0.3 is 9.64 Å². The van der Waals surface area contributed by atoms with Crippen molar-refractivity contribution >= 4 is 26.7 Å². The number of pyridine rings is 1. The van der Waals surface area contributed by atoms with E-state index in [4.69, 9.17) is 9.72 Å². The summed E-state index contributed by atoms with van der Waals surface area (Å²) in [5.41, 5.74) is 0.992. The molecule has 4 rings (SSSR count). The number of ether oxygens (including phenoxy) is 1. The first kappa shape index (κ1) is 20.5. The monoisotopic (exact) mass is 413 g/mol. The Labute approximate surface area is 177 Å². The van der Waals surface area contributed by atoms with E-state index >= 15 is 0 Å². The first-order valence-electron chi connectivity index (χ1n) is 10.7. The van der Waals surface area contributed by atoms with Gasteiger partial charge in [0.25, 0.3) is 0 Å². The Morgan fingerprint density at radius 1 is 1.14 bits per heavy atom. The van der Waals surface area contributed by atoms with Crippen molar-refractivity contribution in [2.45, 2.75) is 38.8 Å². The number of thiazole rings is 1. The fourth-order valence-corrected chi connectivity index (χ4v) is 4.92. The summed E-state index contributed by atoms with van der Waals surface area (Å²) in [6.07, 6.45) is 6.05. The molecule has 0 N–H and O–H groups in total. The molecular weight excluding hydrogens is 382 g/mol. The molecular formula is C22H31N5OS. The normalized spacial score (nSPS) is 19.6. The lowest BCUT2D eigenvalue weighted by Crippen LogP contribution is -2.48. The van der Waals surface area contributed by atoms with E-state index in [1.54, 1.807) is 11.3 Å². The van der Waals surface area contributed by atoms with Gasteiger partial charge in [0.05, 0.1) is 23.5 Å². The van der Waals surface area contributed by atoms with Crippen molar-refractivity contribution in [3.8, 4) is 11.8 Å². The average Bonchev–Trinajstić information content (AvgIpc) is 3.18. The standard InChI is InChI=1S/C22H31N5OS/c1-18(2)26-14-12-25(13-15-26)9-3-4-16-28-19-6-10-27(11-7-19)22-24-20-17-23-8-5-21(20)29-22/h5,8,17-19H,6-7,9-16H2,1-2H3. The Morgan fingerprint density at radius 2 is 1.93 bits per heavy atom. The Morgan fingerprint density at radius 3 is 2.66 bits per heavy atom. The number of piperazine rings is 1. The van der Waals surface area contributed by atoms with Crippen LogP contribution in [0.5, 0.6) is 0 Å². The van der Waals surface area contributed by atoms with Crippen molar-refractivity contribution in [2.75, 3.05) is 57.3 Å². The number of piperidine rings is 1. The third-order valence-electron chi connectivity index (χ3n) is 5.85. The van der Waals surface area contributed by atoms with Gasteiger partial charge in [0.2, 0.25) is 0 Å². The molecule has 2 aliphatic rings. The van der Waals surface area contributed by atoms with Crippen LogP contribution in [0.15, 0.2) is 18.5 Å². The Bertz CT molecular complexity index is 808. The highest BCUT2D eigenvalue weighted by Gasteiger charge is 2.22. The fourth-order valence-electron chi connectivity index (χ4n) is 3.93. The van der Waals surface area contributed by atoms with Gasteiger partial charge in [-0.05, 0) is 32.8 Å². The minimum Gasteiger partial charge on any atom is -0.365 e. The van der Waals surface area contributed by atoms with Gasteiger partial charge in [0, 0.05) is 51.5 Å². The van der Waals surface area contributed by atoms with Crippen molar-refractivity contribution in [3.63, 3.8) is 0 Å². The van der Waals surface area contributed by atoms with Gasteiger partial charge in [-0.2, -0.15) is 0 Å². The summed E-state index contributed by atoms with van der Waals surface area (Å²) in [4.78, 5) is 16.2. The van der Waals surface area contributed by atoms with E-state index < -0.39 is 0 Å². The van der Waals surface area contributed by atoms with E-state index in [9.17, 15) is 0 Å². The van der Waals surface area contributed by atoms with Crippen LogP contribution in [0.4, 0.5) is 5.13 Å². The molecule has 0 aromatic carbocycles. The molecule has 2 aromatic heterocycles. The lowest BCUT2D eigenvalue weighted by atomic mass is 10.1. The molecule has 0 aliphatic carbocycles. The lowest BCUT2D eigenvalue weighted by molar-refractivity contribution is 0.0594. The third-order valence-corrected chi connectivity index (χ3v) is 6.94. The molecule has 156 valence electrons. The minimum atomic E-state index is 0.311. The lowest BCUT2D eigenvalue weighted by Gasteiger charge is -2.36. The van der Waals surface area contributed by atoms with E-state index in [1.165, 1.54) is 4.70 Å². The highest BCUT2D eigenvalue weighted by atomic mass is 32.1. The van der Waals surface area contributed by atoms with Crippen LogP contribution in [0.25, 0.3) is 10.2 Å². The van der Waals surface area contributed by atoms with Gasteiger partial charge >= 0.3 is 0 Å². The average molecular weight is 414 g/mol. The van der Waals surface area contributed by atoms with E-state index in [-0.39, 0.29) is 0 Å². The van der Waals surface area contributed by atoms with Crippen LogP contribution in [0.3, 0.4) is 0 Å². The zero-order valence-corrected chi connectivity index (χ0v) is 18.3. The summed E-state index contributed by atoms with van der Waals surface area (Å²) in [5, 5.41) is 1.10. The van der Waals surface area contributed by atoms with E-state index in [2.05, 4.69) is 45.4 Å². The van der Waals surface area contributed by atoms with Crippen LogP contribution in [-0.2, 0) is 4.74 Å². The van der Waals surface area contributed by atoms with Crippen molar-refractivity contribution in [1.29, 1.82) is 0 Å². The summed E-state index contributed by atoms with van der Waals surface area (Å²) in [6, 6.07) is 2.68. The summed E-state index contributed by atoms with van der Waals surface area (Å²) < 4.78 is 7.21. The van der Waals surface area contributed by atoms with Gasteiger partial charge in [-0.3, -0.25) is 14.8 Å². The zero-order chi connectivity index (χ0) is 20.1. The maximum Gasteiger partial charge on any atom is 0.186 e. The molecule has 0 unspecified atom stereocenters. The summed E-state index contributed by atoms with van der Waals surface area (Å²) >= 11 is 1.75. The van der Waals surface area contributed by atoms with E-state index in [0.29, 0.717) is 18.8 Å². The van der Waals surface area contributed by atoms with Crippen LogP contribution in [0.2, 0.25) is 0 Å². The first-order chi connectivity index (χ1) is 14.2. The van der Waals surface area contributed by atoms with Crippen molar-refractivity contribution in [2.24, 2.45) is 0 Å². The SMILES string of the molecule is CC(C)N1CCN(CC#CCOC2CCN(c3nc4cnccc4s3)CC2)CC1. The van der Waals surface area contributed by atoms with Crippen LogP contribution in [0.1, 0.15) is 26.7 Å². The molecule has 0 atom stereocenters. The van der Waals surface area contributed by atoms with Crippen LogP contribution in [0, 0.1) is 11.8 Å². The van der Waals surface area contributed by atoms with Gasteiger partial charge in [-0.25, -0.2) is 4.98 Å². The molecule has 29 heavy (non-hydrogen) atoms. The Kier molecular flexibility index (Phi) is 6.98. The molecule has 4 heterocycles. The maximum atomic E-state index is 6.01. The number of hydrogen-bond acceptors (Lipinski definition) is 7. The zero-order valence-electron chi connectivity index (χ0n) is 17.5.